The first-order chi connectivity index (χ1) is 8.85. The highest BCUT2D eigenvalue weighted by Crippen LogP contribution is 2.34. The lowest BCUT2D eigenvalue weighted by Crippen LogP contribution is -2.23. The third kappa shape index (κ3) is 3.31. The standard InChI is InChI=1S/C13H19NO3S/c1-2-14-11(8-18-6-5-15)10-3-4-12-13(7-10)17-9-16-12/h3-4,7,11,14-15H,2,5-6,8-9H2,1H3. The van der Waals surface area contributed by atoms with Crippen LogP contribution < -0.4 is 14.8 Å². The topological polar surface area (TPSA) is 50.7 Å². The van der Waals surface area contributed by atoms with Crippen LogP contribution in [0.2, 0.25) is 0 Å². The van der Waals surface area contributed by atoms with E-state index in [0.717, 1.165) is 29.5 Å². The SMILES string of the molecule is CCNC(CSCCO)c1ccc2c(c1)OCO2. The molecule has 5 heteroatoms. The maximum absolute atomic E-state index is 8.83. The quantitative estimate of drug-likeness (QED) is 0.739. The largest absolute Gasteiger partial charge is 0.454 e. The summed E-state index contributed by atoms with van der Waals surface area (Å²) in [7, 11) is 0. The maximum Gasteiger partial charge on any atom is 0.231 e. The van der Waals surface area contributed by atoms with Gasteiger partial charge in [0, 0.05) is 17.5 Å². The van der Waals surface area contributed by atoms with Crippen molar-refractivity contribution < 1.29 is 14.6 Å². The molecule has 1 heterocycles. The Kier molecular flexibility index (Phi) is 5.16. The molecule has 1 atom stereocenters. The van der Waals surface area contributed by atoms with Gasteiger partial charge in [0.25, 0.3) is 0 Å². The summed E-state index contributed by atoms with van der Waals surface area (Å²) in [6.45, 7) is 3.55. The molecule has 0 bridgehead atoms. The molecule has 0 aliphatic carbocycles. The molecular weight excluding hydrogens is 250 g/mol. The second-order valence-electron chi connectivity index (χ2n) is 4.02. The van der Waals surface area contributed by atoms with Crippen molar-refractivity contribution in [3.8, 4) is 11.5 Å². The molecule has 1 unspecified atom stereocenters. The normalized spacial score (nSPS) is 14.8. The molecule has 0 amide bonds. The van der Waals surface area contributed by atoms with Gasteiger partial charge in [0.15, 0.2) is 11.5 Å². The van der Waals surface area contributed by atoms with Crippen molar-refractivity contribution in [1.82, 2.24) is 5.32 Å². The van der Waals surface area contributed by atoms with E-state index in [1.54, 1.807) is 11.8 Å². The summed E-state index contributed by atoms with van der Waals surface area (Å²) in [5, 5.41) is 12.3. The van der Waals surface area contributed by atoms with E-state index in [1.165, 1.54) is 5.56 Å². The first-order valence-corrected chi connectivity index (χ1v) is 7.32. The van der Waals surface area contributed by atoms with Gasteiger partial charge in [0.2, 0.25) is 6.79 Å². The Labute approximate surface area is 112 Å². The van der Waals surface area contributed by atoms with E-state index in [9.17, 15) is 0 Å². The fourth-order valence-electron chi connectivity index (χ4n) is 1.92. The Bertz CT molecular complexity index is 386. The zero-order valence-electron chi connectivity index (χ0n) is 10.5. The van der Waals surface area contributed by atoms with Crippen molar-refractivity contribution >= 4 is 11.8 Å². The number of nitrogens with one attached hydrogen (secondary N) is 1. The summed E-state index contributed by atoms with van der Waals surface area (Å²) in [6, 6.07) is 6.34. The molecule has 18 heavy (non-hydrogen) atoms. The van der Waals surface area contributed by atoms with Crippen molar-refractivity contribution in [2.45, 2.75) is 13.0 Å². The number of thioether (sulfide) groups is 1. The molecule has 4 nitrogen and oxygen atoms in total. The van der Waals surface area contributed by atoms with Crippen LogP contribution in [0, 0.1) is 0 Å². The molecule has 2 N–H and O–H groups in total. The van der Waals surface area contributed by atoms with Gasteiger partial charge in [-0.25, -0.2) is 0 Å². The number of hydrogen-bond acceptors (Lipinski definition) is 5. The van der Waals surface area contributed by atoms with Crippen LogP contribution in [0.25, 0.3) is 0 Å². The lowest BCUT2D eigenvalue weighted by molar-refractivity contribution is 0.174. The minimum atomic E-state index is 0.227. The van der Waals surface area contributed by atoms with Gasteiger partial charge >= 0.3 is 0 Å². The summed E-state index contributed by atoms with van der Waals surface area (Å²) in [4.78, 5) is 0. The molecule has 0 radical (unpaired) electrons. The van der Waals surface area contributed by atoms with E-state index in [0.29, 0.717) is 6.79 Å². The number of rotatable bonds is 7. The molecule has 0 saturated carbocycles. The highest BCUT2D eigenvalue weighted by molar-refractivity contribution is 7.99. The second-order valence-corrected chi connectivity index (χ2v) is 5.17. The molecule has 1 aromatic carbocycles. The maximum atomic E-state index is 8.83. The Morgan fingerprint density at radius 2 is 2.22 bits per heavy atom. The molecule has 0 saturated heterocycles. The van der Waals surface area contributed by atoms with E-state index in [2.05, 4.69) is 18.3 Å². The number of aliphatic hydroxyl groups is 1. The molecule has 1 aromatic rings. The van der Waals surface area contributed by atoms with Crippen molar-refractivity contribution in [2.24, 2.45) is 0 Å². The van der Waals surface area contributed by atoms with E-state index in [-0.39, 0.29) is 12.6 Å². The van der Waals surface area contributed by atoms with Gasteiger partial charge in [-0.05, 0) is 24.2 Å². The minimum Gasteiger partial charge on any atom is -0.454 e. The summed E-state index contributed by atoms with van der Waals surface area (Å²) in [5.41, 5.74) is 1.20. The average Bonchev–Trinajstić information content (AvgIpc) is 2.85. The molecule has 1 aliphatic rings. The van der Waals surface area contributed by atoms with E-state index >= 15 is 0 Å². The lowest BCUT2D eigenvalue weighted by Gasteiger charge is -2.18. The Hall–Kier alpha value is -0.910. The number of fused-ring (bicyclic) bond motifs is 1. The van der Waals surface area contributed by atoms with Crippen LogP contribution in [-0.4, -0.2) is 36.6 Å². The number of benzene rings is 1. The van der Waals surface area contributed by atoms with Gasteiger partial charge in [-0.3, -0.25) is 0 Å². The Morgan fingerprint density at radius 1 is 1.39 bits per heavy atom. The molecule has 0 aromatic heterocycles. The van der Waals surface area contributed by atoms with E-state index < -0.39 is 0 Å². The summed E-state index contributed by atoms with van der Waals surface area (Å²) >= 11 is 1.74. The molecule has 0 spiro atoms. The Balaban J connectivity index is 2.04. The van der Waals surface area contributed by atoms with Crippen molar-refractivity contribution in [1.29, 1.82) is 0 Å². The van der Waals surface area contributed by atoms with Crippen LogP contribution in [0.1, 0.15) is 18.5 Å². The predicted molar refractivity (Wildman–Crippen MR) is 73.4 cm³/mol. The van der Waals surface area contributed by atoms with Gasteiger partial charge in [-0.15, -0.1) is 0 Å². The van der Waals surface area contributed by atoms with Gasteiger partial charge in [0.1, 0.15) is 0 Å². The van der Waals surface area contributed by atoms with Crippen molar-refractivity contribution in [2.75, 3.05) is 31.5 Å². The fraction of sp³-hybridized carbons (Fsp3) is 0.538. The third-order valence-corrected chi connectivity index (χ3v) is 3.81. The molecule has 2 rings (SSSR count). The first-order valence-electron chi connectivity index (χ1n) is 6.16. The number of aliphatic hydroxyl groups excluding tert-OH is 1. The summed E-state index contributed by atoms with van der Waals surface area (Å²) in [6.07, 6.45) is 0. The van der Waals surface area contributed by atoms with E-state index in [1.807, 2.05) is 12.1 Å². The molecular formula is C13H19NO3S. The smallest absolute Gasteiger partial charge is 0.231 e. The zero-order chi connectivity index (χ0) is 12.8. The predicted octanol–water partition coefficient (Wildman–Crippen LogP) is 1.79. The van der Waals surface area contributed by atoms with Gasteiger partial charge in [-0.1, -0.05) is 13.0 Å². The second kappa shape index (κ2) is 6.87. The highest BCUT2D eigenvalue weighted by atomic mass is 32.2. The lowest BCUT2D eigenvalue weighted by atomic mass is 10.1. The van der Waals surface area contributed by atoms with Crippen LogP contribution >= 0.6 is 11.8 Å². The van der Waals surface area contributed by atoms with Crippen LogP contribution in [0.15, 0.2) is 18.2 Å². The molecule has 1 aliphatic heterocycles. The Morgan fingerprint density at radius 3 is 3.00 bits per heavy atom. The molecule has 0 fully saturated rings. The van der Waals surface area contributed by atoms with Gasteiger partial charge in [-0.2, -0.15) is 11.8 Å². The fourth-order valence-corrected chi connectivity index (χ4v) is 2.76. The third-order valence-electron chi connectivity index (χ3n) is 2.77. The first kappa shape index (κ1) is 13.5. The van der Waals surface area contributed by atoms with Crippen LogP contribution in [-0.2, 0) is 0 Å². The monoisotopic (exact) mass is 269 g/mol. The highest BCUT2D eigenvalue weighted by Gasteiger charge is 2.17. The number of hydrogen-bond donors (Lipinski definition) is 2. The van der Waals surface area contributed by atoms with Gasteiger partial charge < -0.3 is 19.9 Å². The van der Waals surface area contributed by atoms with Crippen LogP contribution in [0.3, 0.4) is 0 Å². The van der Waals surface area contributed by atoms with Gasteiger partial charge in [0.05, 0.1) is 6.61 Å². The zero-order valence-corrected chi connectivity index (χ0v) is 11.3. The summed E-state index contributed by atoms with van der Waals surface area (Å²) in [5.74, 6) is 3.35. The van der Waals surface area contributed by atoms with Crippen LogP contribution in [0.5, 0.6) is 11.5 Å². The number of ether oxygens (including phenoxy) is 2. The van der Waals surface area contributed by atoms with Crippen LogP contribution in [0.4, 0.5) is 0 Å². The average molecular weight is 269 g/mol. The van der Waals surface area contributed by atoms with E-state index in [4.69, 9.17) is 14.6 Å². The molecule has 100 valence electrons. The van der Waals surface area contributed by atoms with Crippen molar-refractivity contribution in [3.05, 3.63) is 23.8 Å². The minimum absolute atomic E-state index is 0.227. The summed E-state index contributed by atoms with van der Waals surface area (Å²) < 4.78 is 10.7. The van der Waals surface area contributed by atoms with Crippen molar-refractivity contribution in [3.63, 3.8) is 0 Å².